The van der Waals surface area contributed by atoms with E-state index in [1.54, 1.807) is 6.07 Å². The maximum atomic E-state index is 9.05. The molecule has 1 aromatic rings. The van der Waals surface area contributed by atoms with E-state index in [1.807, 2.05) is 12.1 Å². The molecular weight excluding hydrogens is 232 g/mol. The molecule has 1 unspecified atom stereocenters. The van der Waals surface area contributed by atoms with Crippen molar-refractivity contribution in [2.45, 2.75) is 25.3 Å². The molecule has 0 radical (unpaired) electrons. The summed E-state index contributed by atoms with van der Waals surface area (Å²) >= 11 is 0. The first kappa shape index (κ1) is 12.6. The Morgan fingerprint density at radius 2 is 2.39 bits per heavy atom. The van der Waals surface area contributed by atoms with Gasteiger partial charge in [-0.3, -0.25) is 0 Å². The Balaban J connectivity index is 2.22. The highest BCUT2D eigenvalue weighted by Gasteiger charge is 2.25. The summed E-state index contributed by atoms with van der Waals surface area (Å²) in [4.78, 5) is 6.56. The second kappa shape index (κ2) is 5.68. The lowest BCUT2D eigenvalue weighted by Crippen LogP contribution is -2.31. The van der Waals surface area contributed by atoms with Crippen LogP contribution in [0.2, 0.25) is 0 Å². The second-order valence-electron chi connectivity index (χ2n) is 4.37. The van der Waals surface area contributed by atoms with Gasteiger partial charge in [0.05, 0.1) is 0 Å². The predicted molar refractivity (Wildman–Crippen MR) is 68.8 cm³/mol. The molecule has 0 aliphatic carbocycles. The number of oxime groups is 1. The van der Waals surface area contributed by atoms with Crippen molar-refractivity contribution in [3.63, 3.8) is 0 Å². The molecule has 1 saturated heterocycles. The molecule has 6 nitrogen and oxygen atoms in total. The Morgan fingerprint density at radius 3 is 3.11 bits per heavy atom. The summed E-state index contributed by atoms with van der Waals surface area (Å²) in [5.74, 6) is 0.824. The zero-order chi connectivity index (χ0) is 13.0. The quantitative estimate of drug-likeness (QED) is 0.313. The van der Waals surface area contributed by atoms with Gasteiger partial charge in [0.15, 0.2) is 5.84 Å². The molecule has 1 aliphatic rings. The Bertz CT molecular complexity index is 436. The number of pyridine rings is 1. The largest absolute Gasteiger partial charge is 0.409 e. The van der Waals surface area contributed by atoms with Gasteiger partial charge in [-0.25, -0.2) is 4.98 Å². The number of nitrogens with zero attached hydrogens (tertiary/aromatic N) is 3. The van der Waals surface area contributed by atoms with Crippen LogP contribution in [0.15, 0.2) is 23.4 Å². The van der Waals surface area contributed by atoms with Crippen LogP contribution in [-0.4, -0.2) is 40.3 Å². The van der Waals surface area contributed by atoms with E-state index in [9.17, 15) is 0 Å². The zero-order valence-corrected chi connectivity index (χ0v) is 10.2. The van der Waals surface area contributed by atoms with Crippen LogP contribution in [0.25, 0.3) is 0 Å². The first-order chi connectivity index (χ1) is 8.76. The average Bonchev–Trinajstić information content (AvgIpc) is 2.87. The van der Waals surface area contributed by atoms with Crippen molar-refractivity contribution in [1.29, 1.82) is 0 Å². The lowest BCUT2D eigenvalue weighted by molar-refractivity contribution is 0.275. The smallest absolute Gasteiger partial charge is 0.188 e. The number of aromatic nitrogens is 1. The summed E-state index contributed by atoms with van der Waals surface area (Å²) in [7, 11) is 0. The highest BCUT2D eigenvalue weighted by atomic mass is 16.4. The minimum Gasteiger partial charge on any atom is -0.409 e. The van der Waals surface area contributed by atoms with Gasteiger partial charge in [-0.2, -0.15) is 0 Å². The number of aliphatic hydroxyl groups excluding tert-OH is 1. The minimum atomic E-state index is 0.00903. The Kier molecular flexibility index (Phi) is 3.99. The summed E-state index contributed by atoms with van der Waals surface area (Å²) in [5, 5.41) is 20.7. The summed E-state index contributed by atoms with van der Waals surface area (Å²) in [6.07, 6.45) is 2.91. The van der Waals surface area contributed by atoms with E-state index in [0.29, 0.717) is 11.7 Å². The van der Waals surface area contributed by atoms with E-state index in [2.05, 4.69) is 15.0 Å². The van der Waals surface area contributed by atoms with Crippen molar-refractivity contribution >= 4 is 11.7 Å². The maximum absolute atomic E-state index is 9.05. The third-order valence-corrected chi connectivity index (χ3v) is 3.24. The van der Waals surface area contributed by atoms with Crippen LogP contribution in [0.5, 0.6) is 0 Å². The van der Waals surface area contributed by atoms with Gasteiger partial charge in [-0.05, 0) is 31.4 Å². The van der Waals surface area contributed by atoms with Gasteiger partial charge in [-0.1, -0.05) is 11.2 Å². The van der Waals surface area contributed by atoms with Gasteiger partial charge in [0.2, 0.25) is 0 Å². The van der Waals surface area contributed by atoms with E-state index in [1.165, 1.54) is 0 Å². The molecule has 2 rings (SSSR count). The second-order valence-corrected chi connectivity index (χ2v) is 4.37. The number of hydrogen-bond acceptors (Lipinski definition) is 5. The Morgan fingerprint density at radius 1 is 1.56 bits per heavy atom. The fourth-order valence-corrected chi connectivity index (χ4v) is 2.36. The normalized spacial score (nSPS) is 20.4. The summed E-state index contributed by atoms with van der Waals surface area (Å²) in [6.45, 7) is 1.11. The topological polar surface area (TPSA) is 95.0 Å². The van der Waals surface area contributed by atoms with E-state index in [-0.39, 0.29) is 12.4 Å². The lowest BCUT2D eigenvalue weighted by Gasteiger charge is -2.25. The van der Waals surface area contributed by atoms with Gasteiger partial charge >= 0.3 is 0 Å². The number of anilines is 1. The SMILES string of the molecule is N/C(=N/O)c1cccc(N2CCCC2CCO)n1. The molecule has 0 saturated carbocycles. The van der Waals surface area contributed by atoms with Crippen LogP contribution >= 0.6 is 0 Å². The van der Waals surface area contributed by atoms with E-state index < -0.39 is 0 Å². The summed E-state index contributed by atoms with van der Waals surface area (Å²) in [5.41, 5.74) is 6.00. The first-order valence-corrected chi connectivity index (χ1v) is 6.08. The number of aliphatic hydroxyl groups is 1. The van der Waals surface area contributed by atoms with Crippen molar-refractivity contribution in [3.8, 4) is 0 Å². The molecule has 4 N–H and O–H groups in total. The molecule has 18 heavy (non-hydrogen) atoms. The zero-order valence-electron chi connectivity index (χ0n) is 10.2. The third-order valence-electron chi connectivity index (χ3n) is 3.24. The van der Waals surface area contributed by atoms with Crippen molar-refractivity contribution in [1.82, 2.24) is 4.98 Å². The monoisotopic (exact) mass is 250 g/mol. The number of amidine groups is 1. The molecule has 0 aromatic carbocycles. The van der Waals surface area contributed by atoms with E-state index >= 15 is 0 Å². The minimum absolute atomic E-state index is 0.00903. The van der Waals surface area contributed by atoms with E-state index in [0.717, 1.165) is 31.6 Å². The highest BCUT2D eigenvalue weighted by molar-refractivity contribution is 5.95. The van der Waals surface area contributed by atoms with Crippen molar-refractivity contribution in [3.05, 3.63) is 23.9 Å². The Labute approximate surface area is 106 Å². The summed E-state index contributed by atoms with van der Waals surface area (Å²) in [6, 6.07) is 5.77. The average molecular weight is 250 g/mol. The van der Waals surface area contributed by atoms with Gasteiger partial charge in [0.1, 0.15) is 11.5 Å². The van der Waals surface area contributed by atoms with Crippen molar-refractivity contribution in [2.24, 2.45) is 10.9 Å². The first-order valence-electron chi connectivity index (χ1n) is 6.08. The standard InChI is InChI=1S/C12H18N4O2/c13-12(15-18)10-4-1-5-11(14-10)16-7-2-3-9(16)6-8-17/h1,4-5,9,17-18H,2-3,6-8H2,(H2,13,15). The molecule has 1 fully saturated rings. The molecule has 1 aromatic heterocycles. The number of hydrogen-bond donors (Lipinski definition) is 3. The van der Waals surface area contributed by atoms with Crippen LogP contribution < -0.4 is 10.6 Å². The van der Waals surface area contributed by atoms with Gasteiger partial charge < -0.3 is 20.9 Å². The molecule has 0 spiro atoms. The molecule has 6 heteroatoms. The third kappa shape index (κ3) is 2.53. The maximum Gasteiger partial charge on any atom is 0.188 e. The van der Waals surface area contributed by atoms with Crippen molar-refractivity contribution < 1.29 is 10.3 Å². The Hall–Kier alpha value is -1.82. The molecule has 2 heterocycles. The fourth-order valence-electron chi connectivity index (χ4n) is 2.36. The fraction of sp³-hybridized carbons (Fsp3) is 0.500. The van der Waals surface area contributed by atoms with Crippen LogP contribution in [-0.2, 0) is 0 Å². The summed E-state index contributed by atoms with van der Waals surface area (Å²) < 4.78 is 0. The predicted octanol–water partition coefficient (Wildman–Crippen LogP) is 0.527. The lowest BCUT2D eigenvalue weighted by atomic mass is 10.1. The van der Waals surface area contributed by atoms with Gasteiger partial charge in [0.25, 0.3) is 0 Å². The highest BCUT2D eigenvalue weighted by Crippen LogP contribution is 2.25. The molecular formula is C12H18N4O2. The van der Waals surface area contributed by atoms with Crippen molar-refractivity contribution in [2.75, 3.05) is 18.1 Å². The van der Waals surface area contributed by atoms with Crippen LogP contribution in [0, 0.1) is 0 Å². The molecule has 0 bridgehead atoms. The van der Waals surface area contributed by atoms with Crippen LogP contribution in [0.1, 0.15) is 25.0 Å². The van der Waals surface area contributed by atoms with Gasteiger partial charge in [-0.15, -0.1) is 0 Å². The number of rotatable bonds is 4. The van der Waals surface area contributed by atoms with Crippen LogP contribution in [0.3, 0.4) is 0 Å². The molecule has 98 valence electrons. The number of nitrogens with two attached hydrogens (primary N) is 1. The molecule has 1 atom stereocenters. The van der Waals surface area contributed by atoms with E-state index in [4.69, 9.17) is 16.0 Å². The molecule has 1 aliphatic heterocycles. The van der Waals surface area contributed by atoms with Gasteiger partial charge in [0, 0.05) is 19.2 Å². The molecule has 0 amide bonds. The van der Waals surface area contributed by atoms with Crippen LogP contribution in [0.4, 0.5) is 5.82 Å².